The van der Waals surface area contributed by atoms with Gasteiger partial charge >= 0.3 is 0 Å². The van der Waals surface area contributed by atoms with Crippen LogP contribution in [0, 0.1) is 6.92 Å². The number of nitrogens with zero attached hydrogens (tertiary/aromatic N) is 4. The minimum Gasteiger partial charge on any atom is -0.379 e. The summed E-state index contributed by atoms with van der Waals surface area (Å²) >= 11 is 3.29. The molecule has 2 aliphatic heterocycles. The van der Waals surface area contributed by atoms with Crippen LogP contribution in [-0.2, 0) is 11.3 Å². The topological polar surface area (TPSA) is 48.9 Å². The van der Waals surface area contributed by atoms with Gasteiger partial charge in [0.1, 0.15) is 0 Å². The number of aryl methyl sites for hydroxylation is 1. The number of piperazine rings is 1. The molecular weight excluding hydrogens is 368 g/mol. The second-order valence-electron chi connectivity index (χ2n) is 6.70. The number of aromatic nitrogens is 1. The van der Waals surface area contributed by atoms with Gasteiger partial charge in [-0.2, -0.15) is 0 Å². The number of rotatable bonds is 4. The summed E-state index contributed by atoms with van der Waals surface area (Å²) in [7, 11) is 0. The number of thiophene rings is 1. The first-order chi connectivity index (χ1) is 12.7. The zero-order valence-electron chi connectivity index (χ0n) is 15.0. The van der Waals surface area contributed by atoms with Gasteiger partial charge < -0.3 is 14.5 Å². The number of hydrogen-bond acceptors (Lipinski definition) is 7. The van der Waals surface area contributed by atoms with E-state index in [0.717, 1.165) is 74.7 Å². The zero-order chi connectivity index (χ0) is 17.9. The summed E-state index contributed by atoms with van der Waals surface area (Å²) in [4.78, 5) is 26.1. The summed E-state index contributed by atoms with van der Waals surface area (Å²) in [6, 6.07) is 3.95. The summed E-state index contributed by atoms with van der Waals surface area (Å²) in [5, 5.41) is 3.24. The van der Waals surface area contributed by atoms with Gasteiger partial charge in [0, 0.05) is 56.1 Å². The molecular formula is C18H24N4O2S2. The fourth-order valence-corrected chi connectivity index (χ4v) is 5.01. The predicted octanol–water partition coefficient (Wildman–Crippen LogP) is 2.31. The van der Waals surface area contributed by atoms with Crippen LogP contribution in [0.15, 0.2) is 17.5 Å². The molecule has 4 rings (SSSR count). The lowest BCUT2D eigenvalue weighted by atomic mass is 10.3. The van der Waals surface area contributed by atoms with E-state index in [4.69, 9.17) is 9.72 Å². The van der Waals surface area contributed by atoms with Crippen molar-refractivity contribution in [1.82, 2.24) is 14.8 Å². The van der Waals surface area contributed by atoms with Crippen LogP contribution in [0.1, 0.15) is 20.2 Å². The maximum Gasteiger partial charge on any atom is 0.264 e. The van der Waals surface area contributed by atoms with Gasteiger partial charge in [0.15, 0.2) is 5.13 Å². The third-order valence-electron chi connectivity index (χ3n) is 4.82. The van der Waals surface area contributed by atoms with E-state index < -0.39 is 0 Å². The lowest BCUT2D eigenvalue weighted by Gasteiger charge is -2.34. The molecule has 0 bridgehead atoms. The summed E-state index contributed by atoms with van der Waals surface area (Å²) in [6.07, 6.45) is 0. The lowest BCUT2D eigenvalue weighted by molar-refractivity contribution is 0.0337. The molecule has 2 aromatic rings. The van der Waals surface area contributed by atoms with Gasteiger partial charge in [0.05, 0.1) is 23.8 Å². The molecule has 0 atom stereocenters. The van der Waals surface area contributed by atoms with Crippen molar-refractivity contribution in [2.45, 2.75) is 13.5 Å². The number of carbonyl (C=O) groups is 1. The van der Waals surface area contributed by atoms with Crippen LogP contribution in [0.4, 0.5) is 5.13 Å². The molecule has 0 N–H and O–H groups in total. The molecule has 0 radical (unpaired) electrons. The number of morpholine rings is 1. The SMILES string of the molecule is Cc1ccc(C(=O)N2CCN(c3nc(CN4CCOCC4)cs3)CC2)s1. The van der Waals surface area contributed by atoms with Gasteiger partial charge in [0.2, 0.25) is 0 Å². The molecule has 0 unspecified atom stereocenters. The maximum absolute atomic E-state index is 12.6. The van der Waals surface area contributed by atoms with E-state index in [1.54, 1.807) is 22.7 Å². The Bertz CT molecular complexity index is 746. The number of anilines is 1. The van der Waals surface area contributed by atoms with E-state index in [0.29, 0.717) is 0 Å². The first-order valence-corrected chi connectivity index (χ1v) is 10.7. The molecule has 0 spiro atoms. The Morgan fingerprint density at radius 1 is 1.15 bits per heavy atom. The molecule has 140 valence electrons. The minimum absolute atomic E-state index is 0.162. The highest BCUT2D eigenvalue weighted by Gasteiger charge is 2.24. The first kappa shape index (κ1) is 17.9. The monoisotopic (exact) mass is 392 g/mol. The molecule has 4 heterocycles. The molecule has 1 amide bonds. The molecule has 2 fully saturated rings. The second kappa shape index (κ2) is 8.04. The Morgan fingerprint density at radius 3 is 2.62 bits per heavy atom. The molecule has 2 aliphatic rings. The van der Waals surface area contributed by atoms with Crippen molar-refractivity contribution >= 4 is 33.7 Å². The highest BCUT2D eigenvalue weighted by Crippen LogP contribution is 2.24. The van der Waals surface area contributed by atoms with Crippen molar-refractivity contribution in [2.24, 2.45) is 0 Å². The first-order valence-electron chi connectivity index (χ1n) is 9.04. The van der Waals surface area contributed by atoms with Crippen LogP contribution < -0.4 is 4.90 Å². The number of carbonyl (C=O) groups excluding carboxylic acids is 1. The van der Waals surface area contributed by atoms with Crippen LogP contribution in [0.3, 0.4) is 0 Å². The van der Waals surface area contributed by atoms with Gasteiger partial charge in [0.25, 0.3) is 5.91 Å². The van der Waals surface area contributed by atoms with Crippen LogP contribution in [0.25, 0.3) is 0 Å². The highest BCUT2D eigenvalue weighted by molar-refractivity contribution is 7.14. The fourth-order valence-electron chi connectivity index (χ4n) is 3.31. The van der Waals surface area contributed by atoms with E-state index in [2.05, 4.69) is 15.2 Å². The Morgan fingerprint density at radius 2 is 1.92 bits per heavy atom. The maximum atomic E-state index is 12.6. The Hall–Kier alpha value is -1.48. The molecule has 6 nitrogen and oxygen atoms in total. The second-order valence-corrected chi connectivity index (χ2v) is 8.82. The number of amides is 1. The third kappa shape index (κ3) is 4.09. The van der Waals surface area contributed by atoms with E-state index in [9.17, 15) is 4.79 Å². The average molecular weight is 393 g/mol. The largest absolute Gasteiger partial charge is 0.379 e. The average Bonchev–Trinajstić information content (AvgIpc) is 3.31. The molecule has 8 heteroatoms. The molecule has 2 saturated heterocycles. The number of hydrogen-bond donors (Lipinski definition) is 0. The summed E-state index contributed by atoms with van der Waals surface area (Å²) in [6.45, 7) is 9.75. The van der Waals surface area contributed by atoms with Gasteiger partial charge in [-0.1, -0.05) is 0 Å². The third-order valence-corrected chi connectivity index (χ3v) is 6.76. The normalized spacial score (nSPS) is 19.1. The van der Waals surface area contributed by atoms with E-state index in [1.165, 1.54) is 4.88 Å². The Balaban J connectivity index is 1.31. The number of ether oxygens (including phenoxy) is 1. The van der Waals surface area contributed by atoms with Crippen molar-refractivity contribution < 1.29 is 9.53 Å². The molecule has 2 aromatic heterocycles. The van der Waals surface area contributed by atoms with Crippen LogP contribution in [-0.4, -0.2) is 73.2 Å². The quantitative estimate of drug-likeness (QED) is 0.799. The van der Waals surface area contributed by atoms with Crippen molar-refractivity contribution in [3.8, 4) is 0 Å². The molecule has 26 heavy (non-hydrogen) atoms. The standard InChI is InChI=1S/C18H24N4O2S2/c1-14-2-3-16(26-14)17(23)21-4-6-22(7-5-21)18-19-15(13-25-18)12-20-8-10-24-11-9-20/h2-3,13H,4-12H2,1H3. The summed E-state index contributed by atoms with van der Waals surface area (Å²) in [5.41, 5.74) is 1.14. The van der Waals surface area contributed by atoms with Crippen LogP contribution in [0.5, 0.6) is 0 Å². The van der Waals surface area contributed by atoms with E-state index >= 15 is 0 Å². The predicted molar refractivity (Wildman–Crippen MR) is 105 cm³/mol. The van der Waals surface area contributed by atoms with Gasteiger partial charge in [-0.05, 0) is 19.1 Å². The Kier molecular flexibility index (Phi) is 5.54. The van der Waals surface area contributed by atoms with Gasteiger partial charge in [-0.3, -0.25) is 9.69 Å². The van der Waals surface area contributed by atoms with Crippen LogP contribution >= 0.6 is 22.7 Å². The van der Waals surface area contributed by atoms with E-state index in [1.807, 2.05) is 24.0 Å². The molecule has 0 aliphatic carbocycles. The fraction of sp³-hybridized carbons (Fsp3) is 0.556. The highest BCUT2D eigenvalue weighted by atomic mass is 32.1. The van der Waals surface area contributed by atoms with Crippen molar-refractivity contribution in [3.63, 3.8) is 0 Å². The summed E-state index contributed by atoms with van der Waals surface area (Å²) in [5.74, 6) is 0.162. The minimum atomic E-state index is 0.162. The van der Waals surface area contributed by atoms with Crippen LogP contribution in [0.2, 0.25) is 0 Å². The van der Waals surface area contributed by atoms with Gasteiger partial charge in [-0.25, -0.2) is 4.98 Å². The van der Waals surface area contributed by atoms with Crippen molar-refractivity contribution in [3.05, 3.63) is 33.0 Å². The summed E-state index contributed by atoms with van der Waals surface area (Å²) < 4.78 is 5.40. The lowest BCUT2D eigenvalue weighted by Crippen LogP contribution is -2.48. The number of thiazole rings is 1. The van der Waals surface area contributed by atoms with E-state index in [-0.39, 0.29) is 5.91 Å². The zero-order valence-corrected chi connectivity index (χ0v) is 16.7. The van der Waals surface area contributed by atoms with Crippen molar-refractivity contribution in [1.29, 1.82) is 0 Å². The van der Waals surface area contributed by atoms with Crippen molar-refractivity contribution in [2.75, 3.05) is 57.4 Å². The Labute approximate surface area is 162 Å². The molecule has 0 aromatic carbocycles. The van der Waals surface area contributed by atoms with Gasteiger partial charge in [-0.15, -0.1) is 22.7 Å². The smallest absolute Gasteiger partial charge is 0.264 e. The molecule has 0 saturated carbocycles.